The molecule has 0 aliphatic heterocycles. The van der Waals surface area contributed by atoms with Crippen LogP contribution < -0.4 is 10.1 Å². The van der Waals surface area contributed by atoms with Gasteiger partial charge in [-0.1, -0.05) is 11.6 Å². The van der Waals surface area contributed by atoms with Gasteiger partial charge in [-0.15, -0.1) is 0 Å². The minimum absolute atomic E-state index is 0.0401. The number of aromatic nitrogens is 1. The zero-order chi connectivity index (χ0) is 14.7. The molecule has 0 atom stereocenters. The molecule has 6 heteroatoms. The second-order valence-corrected chi connectivity index (χ2v) is 5.56. The Morgan fingerprint density at radius 2 is 2.15 bits per heavy atom. The van der Waals surface area contributed by atoms with Gasteiger partial charge in [0.05, 0.1) is 9.50 Å². The van der Waals surface area contributed by atoms with E-state index in [-0.39, 0.29) is 5.02 Å². The van der Waals surface area contributed by atoms with E-state index in [4.69, 9.17) is 16.3 Å². The molecule has 0 amide bonds. The fourth-order valence-corrected chi connectivity index (χ4v) is 2.43. The van der Waals surface area contributed by atoms with Gasteiger partial charge in [0.25, 0.3) is 0 Å². The number of nitrogens with one attached hydrogen (secondary N) is 1. The highest BCUT2D eigenvalue weighted by molar-refractivity contribution is 9.10. The largest absolute Gasteiger partial charge is 0.437 e. The summed E-state index contributed by atoms with van der Waals surface area (Å²) >= 11 is 8.98. The van der Waals surface area contributed by atoms with Crippen molar-refractivity contribution in [1.82, 2.24) is 10.3 Å². The molecule has 3 nitrogen and oxygen atoms in total. The van der Waals surface area contributed by atoms with E-state index in [9.17, 15) is 4.39 Å². The van der Waals surface area contributed by atoms with E-state index in [2.05, 4.69) is 26.2 Å². The Morgan fingerprint density at radius 3 is 2.80 bits per heavy atom. The number of ether oxygens (including phenoxy) is 1. The Bertz CT molecular complexity index is 637. The zero-order valence-electron chi connectivity index (χ0n) is 11.0. The van der Waals surface area contributed by atoms with Crippen LogP contribution in [-0.4, -0.2) is 12.0 Å². The van der Waals surface area contributed by atoms with E-state index in [0.717, 1.165) is 17.7 Å². The molecule has 0 saturated heterocycles. The van der Waals surface area contributed by atoms with Gasteiger partial charge < -0.3 is 10.1 Å². The molecule has 20 heavy (non-hydrogen) atoms. The Hall–Kier alpha value is -1.17. The maximum absolute atomic E-state index is 13.5. The first kappa shape index (κ1) is 15.2. The average Bonchev–Trinajstić information content (AvgIpc) is 2.39. The number of benzene rings is 1. The molecular weight excluding hydrogens is 347 g/mol. The summed E-state index contributed by atoms with van der Waals surface area (Å²) in [6.07, 6.45) is 1.72. The summed E-state index contributed by atoms with van der Waals surface area (Å²) in [7, 11) is 1.87. The fourth-order valence-electron chi connectivity index (χ4n) is 1.71. The molecule has 0 saturated carbocycles. The Morgan fingerprint density at radius 1 is 1.40 bits per heavy atom. The van der Waals surface area contributed by atoms with Crippen molar-refractivity contribution in [3.63, 3.8) is 0 Å². The number of hydrogen-bond donors (Lipinski definition) is 1. The first-order valence-electron chi connectivity index (χ1n) is 5.93. The van der Waals surface area contributed by atoms with Crippen molar-refractivity contribution in [2.75, 3.05) is 7.05 Å². The third kappa shape index (κ3) is 3.48. The quantitative estimate of drug-likeness (QED) is 0.819. The fraction of sp³-hybridized carbons (Fsp3) is 0.214. The van der Waals surface area contributed by atoms with Crippen LogP contribution in [0.3, 0.4) is 0 Å². The molecule has 106 valence electrons. The van der Waals surface area contributed by atoms with E-state index in [1.165, 1.54) is 12.1 Å². The predicted molar refractivity (Wildman–Crippen MR) is 80.9 cm³/mol. The highest BCUT2D eigenvalue weighted by Gasteiger charge is 2.11. The van der Waals surface area contributed by atoms with Crippen LogP contribution in [0.25, 0.3) is 0 Å². The molecule has 0 fully saturated rings. The molecule has 1 heterocycles. The van der Waals surface area contributed by atoms with E-state index in [1.807, 2.05) is 20.0 Å². The van der Waals surface area contributed by atoms with E-state index < -0.39 is 5.82 Å². The number of pyridine rings is 1. The second kappa shape index (κ2) is 6.52. The van der Waals surface area contributed by atoms with Crippen LogP contribution in [0.4, 0.5) is 4.39 Å². The summed E-state index contributed by atoms with van der Waals surface area (Å²) in [6.45, 7) is 2.62. The summed E-state index contributed by atoms with van der Waals surface area (Å²) in [4.78, 5) is 4.25. The summed E-state index contributed by atoms with van der Waals surface area (Å²) in [6, 6.07) is 4.66. The van der Waals surface area contributed by atoms with Crippen LogP contribution in [0.2, 0.25) is 5.02 Å². The van der Waals surface area contributed by atoms with Gasteiger partial charge in [-0.25, -0.2) is 9.37 Å². The monoisotopic (exact) mass is 358 g/mol. The summed E-state index contributed by atoms with van der Waals surface area (Å²) in [5.41, 5.74) is 1.93. The highest BCUT2D eigenvalue weighted by Crippen LogP contribution is 2.34. The molecule has 1 N–H and O–H groups in total. The van der Waals surface area contributed by atoms with Gasteiger partial charge >= 0.3 is 0 Å². The molecule has 0 aliphatic carbocycles. The van der Waals surface area contributed by atoms with Crippen molar-refractivity contribution < 1.29 is 9.13 Å². The van der Waals surface area contributed by atoms with Gasteiger partial charge in [0, 0.05) is 24.4 Å². The van der Waals surface area contributed by atoms with Gasteiger partial charge in [0.15, 0.2) is 0 Å². The lowest BCUT2D eigenvalue weighted by atomic mass is 10.2. The van der Waals surface area contributed by atoms with Crippen LogP contribution in [0, 0.1) is 12.7 Å². The first-order valence-corrected chi connectivity index (χ1v) is 7.11. The molecule has 0 unspecified atom stereocenters. The lowest BCUT2D eigenvalue weighted by molar-refractivity contribution is 0.451. The lowest BCUT2D eigenvalue weighted by Crippen LogP contribution is -2.06. The Labute approximate surface area is 130 Å². The molecule has 1 aromatic carbocycles. The molecule has 1 aromatic heterocycles. The van der Waals surface area contributed by atoms with Crippen molar-refractivity contribution in [3.8, 4) is 11.6 Å². The summed E-state index contributed by atoms with van der Waals surface area (Å²) in [5.74, 6) is 0.241. The van der Waals surface area contributed by atoms with Crippen LogP contribution in [-0.2, 0) is 6.54 Å². The third-order valence-electron chi connectivity index (χ3n) is 2.65. The Kier molecular flexibility index (Phi) is 4.96. The van der Waals surface area contributed by atoms with Gasteiger partial charge in [-0.05, 0) is 47.6 Å². The average molecular weight is 360 g/mol. The highest BCUT2D eigenvalue weighted by atomic mass is 79.9. The predicted octanol–water partition coefficient (Wildman–Crippen LogP) is 4.46. The minimum Gasteiger partial charge on any atom is -0.437 e. The van der Waals surface area contributed by atoms with Crippen molar-refractivity contribution >= 4 is 27.5 Å². The number of halogens is 3. The topological polar surface area (TPSA) is 34.2 Å². The number of rotatable bonds is 4. The van der Waals surface area contributed by atoms with E-state index in [1.54, 1.807) is 6.20 Å². The van der Waals surface area contributed by atoms with Crippen LogP contribution in [0.5, 0.6) is 11.6 Å². The molecular formula is C14H13BrClFN2O. The number of nitrogens with zero attached hydrogens (tertiary/aromatic N) is 1. The van der Waals surface area contributed by atoms with Crippen molar-refractivity contribution in [3.05, 3.63) is 50.8 Å². The third-order valence-corrected chi connectivity index (χ3v) is 3.56. The van der Waals surface area contributed by atoms with Gasteiger partial charge in [-0.2, -0.15) is 0 Å². The normalized spacial score (nSPS) is 10.7. The second-order valence-electron chi connectivity index (χ2n) is 4.29. The van der Waals surface area contributed by atoms with Gasteiger partial charge in [-0.3, -0.25) is 0 Å². The molecule has 2 rings (SSSR count). The standard InChI is InChI=1S/C14H13BrClFN2O/c1-8-3-9(6-18-2)7-19-14(8)20-13-5-12(17)11(16)4-10(13)15/h3-5,7,18H,6H2,1-2H3. The first-order chi connectivity index (χ1) is 9.51. The van der Waals surface area contributed by atoms with Crippen molar-refractivity contribution in [1.29, 1.82) is 0 Å². The molecule has 0 bridgehead atoms. The molecule has 2 aromatic rings. The molecule has 0 radical (unpaired) electrons. The SMILES string of the molecule is CNCc1cnc(Oc2cc(F)c(Cl)cc2Br)c(C)c1. The molecule has 0 spiro atoms. The summed E-state index contributed by atoms with van der Waals surface area (Å²) in [5, 5.41) is 3.09. The number of hydrogen-bond acceptors (Lipinski definition) is 3. The maximum atomic E-state index is 13.5. The number of aryl methyl sites for hydroxylation is 1. The zero-order valence-corrected chi connectivity index (χ0v) is 13.3. The smallest absolute Gasteiger partial charge is 0.222 e. The molecule has 0 aliphatic rings. The van der Waals surface area contributed by atoms with Gasteiger partial charge in [0.2, 0.25) is 5.88 Å². The maximum Gasteiger partial charge on any atom is 0.222 e. The van der Waals surface area contributed by atoms with Crippen LogP contribution >= 0.6 is 27.5 Å². The van der Waals surface area contributed by atoms with E-state index in [0.29, 0.717) is 16.1 Å². The minimum atomic E-state index is -0.533. The lowest BCUT2D eigenvalue weighted by Gasteiger charge is -2.11. The van der Waals surface area contributed by atoms with Crippen molar-refractivity contribution in [2.24, 2.45) is 0 Å². The van der Waals surface area contributed by atoms with Crippen molar-refractivity contribution in [2.45, 2.75) is 13.5 Å². The van der Waals surface area contributed by atoms with Gasteiger partial charge in [0.1, 0.15) is 11.6 Å². The summed E-state index contributed by atoms with van der Waals surface area (Å²) < 4.78 is 19.7. The Balaban J connectivity index is 2.28. The van der Waals surface area contributed by atoms with E-state index >= 15 is 0 Å². The van der Waals surface area contributed by atoms with Crippen LogP contribution in [0.15, 0.2) is 28.9 Å². The van der Waals surface area contributed by atoms with Crippen LogP contribution in [0.1, 0.15) is 11.1 Å².